The number of thiazole rings is 1. The summed E-state index contributed by atoms with van der Waals surface area (Å²) in [5.74, 6) is -0.754. The van der Waals surface area contributed by atoms with Gasteiger partial charge in [0.05, 0.1) is 29.4 Å². The number of amides is 2. The molecule has 10 nitrogen and oxygen atoms in total. The number of anilines is 3. The van der Waals surface area contributed by atoms with Crippen molar-refractivity contribution in [3.05, 3.63) is 107 Å². The number of para-hydroxylation sites is 1. The summed E-state index contributed by atoms with van der Waals surface area (Å²) < 4.78 is 6.13. The molecule has 0 bridgehead atoms. The number of aromatic nitrogens is 2. The monoisotopic (exact) mass is 593 g/mol. The van der Waals surface area contributed by atoms with Crippen LogP contribution in [0.5, 0.6) is 5.75 Å². The highest BCUT2D eigenvalue weighted by atomic mass is 32.1. The summed E-state index contributed by atoms with van der Waals surface area (Å²) in [5, 5.41) is 16.1. The lowest BCUT2D eigenvalue weighted by Crippen LogP contribution is -2.33. The number of carbonyl (C=O) groups excluding carboxylic acids is 2. The second-order valence-corrected chi connectivity index (χ2v) is 11.0. The van der Waals surface area contributed by atoms with Gasteiger partial charge in [-0.05, 0) is 65.6 Å². The number of carboxylic acid groups (broad SMARTS) is 1. The minimum absolute atomic E-state index is 0.0651. The molecule has 216 valence electrons. The highest BCUT2D eigenvalue weighted by Gasteiger charge is 2.25. The maximum Gasteiger partial charge on any atom is 0.356 e. The van der Waals surface area contributed by atoms with Crippen LogP contribution in [0.25, 0.3) is 10.2 Å². The van der Waals surface area contributed by atoms with Crippen LogP contribution in [0.4, 0.5) is 16.6 Å². The first-order chi connectivity index (χ1) is 20.9. The molecule has 11 heteroatoms. The topological polar surface area (TPSA) is 134 Å². The number of pyridine rings is 1. The van der Waals surface area contributed by atoms with Gasteiger partial charge in [0.2, 0.25) is 5.91 Å². The molecule has 0 radical (unpaired) electrons. The van der Waals surface area contributed by atoms with Crippen LogP contribution in [0.1, 0.15) is 37.5 Å². The van der Waals surface area contributed by atoms with E-state index >= 15 is 0 Å². The zero-order valence-corrected chi connectivity index (χ0v) is 24.0. The van der Waals surface area contributed by atoms with Gasteiger partial charge in [0.15, 0.2) is 10.8 Å². The van der Waals surface area contributed by atoms with Crippen molar-refractivity contribution in [1.29, 1.82) is 0 Å². The number of carboxylic acids is 1. The van der Waals surface area contributed by atoms with Crippen molar-refractivity contribution in [2.75, 3.05) is 29.2 Å². The summed E-state index contributed by atoms with van der Waals surface area (Å²) >= 11 is 1.41. The Hall–Kier alpha value is -5.29. The molecule has 0 saturated carbocycles. The van der Waals surface area contributed by atoms with Crippen LogP contribution in [-0.2, 0) is 24.2 Å². The lowest BCUT2D eigenvalue weighted by atomic mass is 9.94. The highest BCUT2D eigenvalue weighted by Crippen LogP contribution is 2.30. The molecule has 0 aliphatic carbocycles. The van der Waals surface area contributed by atoms with Gasteiger partial charge in [0, 0.05) is 18.7 Å². The number of rotatable bonds is 8. The van der Waals surface area contributed by atoms with Crippen LogP contribution in [0.3, 0.4) is 0 Å². The summed E-state index contributed by atoms with van der Waals surface area (Å²) in [4.78, 5) is 49.1. The number of benzene rings is 3. The molecule has 2 aromatic heterocycles. The van der Waals surface area contributed by atoms with E-state index in [1.54, 1.807) is 49.6 Å². The average Bonchev–Trinajstić information content (AvgIpc) is 3.43. The number of nitrogens with zero attached hydrogens (tertiary/aromatic N) is 3. The molecule has 5 aromatic rings. The number of aromatic carboxylic acids is 1. The first-order valence-corrected chi connectivity index (χ1v) is 14.4. The molecule has 3 heterocycles. The molecule has 0 atom stereocenters. The van der Waals surface area contributed by atoms with E-state index in [4.69, 9.17) is 4.74 Å². The number of methoxy groups -OCH3 is 1. The maximum absolute atomic E-state index is 13.4. The van der Waals surface area contributed by atoms with Crippen molar-refractivity contribution in [2.24, 2.45) is 0 Å². The molecule has 43 heavy (non-hydrogen) atoms. The molecule has 0 unspecified atom stereocenters. The molecule has 1 aliphatic rings. The summed E-state index contributed by atoms with van der Waals surface area (Å²) in [7, 11) is 1.57. The van der Waals surface area contributed by atoms with Crippen LogP contribution < -0.4 is 20.3 Å². The van der Waals surface area contributed by atoms with E-state index in [-0.39, 0.29) is 29.6 Å². The van der Waals surface area contributed by atoms with E-state index in [0.29, 0.717) is 41.8 Å². The van der Waals surface area contributed by atoms with E-state index in [1.807, 2.05) is 41.3 Å². The van der Waals surface area contributed by atoms with E-state index in [0.717, 1.165) is 26.9 Å². The summed E-state index contributed by atoms with van der Waals surface area (Å²) in [5.41, 5.74) is 3.87. The van der Waals surface area contributed by atoms with Gasteiger partial charge in [-0.1, -0.05) is 47.7 Å². The zero-order chi connectivity index (χ0) is 29.9. The average molecular weight is 594 g/mol. The van der Waals surface area contributed by atoms with Crippen molar-refractivity contribution in [3.63, 3.8) is 0 Å². The number of ether oxygens (including phenoxy) is 1. The number of hydrogen-bond acceptors (Lipinski definition) is 8. The molecule has 0 spiro atoms. The predicted octanol–water partition coefficient (Wildman–Crippen LogP) is 5.39. The van der Waals surface area contributed by atoms with E-state index in [1.165, 1.54) is 11.3 Å². The Morgan fingerprint density at radius 3 is 2.53 bits per heavy atom. The SMILES string of the molecule is COc1ccc(CC(=O)Nc2ccc(N3CCc4cccc(C(=O)Nc5nc6ccccc6s5)c4C3)nc2C(=O)O)cc1. The van der Waals surface area contributed by atoms with Crippen LogP contribution >= 0.6 is 11.3 Å². The van der Waals surface area contributed by atoms with Crippen LogP contribution in [-0.4, -0.2) is 46.5 Å². The van der Waals surface area contributed by atoms with Crippen molar-refractivity contribution >= 4 is 56.0 Å². The lowest BCUT2D eigenvalue weighted by Gasteiger charge is -2.31. The fourth-order valence-corrected chi connectivity index (χ4v) is 5.95. The molecule has 6 rings (SSSR count). The summed E-state index contributed by atoms with van der Waals surface area (Å²) in [6, 6.07) is 23.7. The van der Waals surface area contributed by atoms with E-state index in [2.05, 4.69) is 20.6 Å². The van der Waals surface area contributed by atoms with E-state index < -0.39 is 5.97 Å². The third-order valence-corrected chi connectivity index (χ3v) is 8.19. The molecule has 1 aliphatic heterocycles. The smallest absolute Gasteiger partial charge is 0.356 e. The maximum atomic E-state index is 13.4. The Kier molecular flexibility index (Phi) is 7.71. The predicted molar refractivity (Wildman–Crippen MR) is 165 cm³/mol. The Morgan fingerprint density at radius 2 is 1.77 bits per heavy atom. The van der Waals surface area contributed by atoms with Gasteiger partial charge in [-0.3, -0.25) is 14.9 Å². The molecule has 0 saturated heterocycles. The number of hydrogen-bond donors (Lipinski definition) is 3. The highest BCUT2D eigenvalue weighted by molar-refractivity contribution is 7.22. The second kappa shape index (κ2) is 11.9. The second-order valence-electron chi connectivity index (χ2n) is 10.00. The standard InChI is InChI=1S/C32H27N5O5S/c1-42-21-11-9-19(10-12-21)17-28(38)33-25-13-14-27(35-29(25)31(40)41)37-16-15-20-5-4-6-22(23(20)18-37)30(39)36-32-34-24-7-2-3-8-26(24)43-32/h2-14H,15-18H2,1H3,(H,33,38)(H,40,41)(H,34,36,39). The molecular formula is C32H27N5O5S. The fraction of sp³-hybridized carbons (Fsp3) is 0.156. The zero-order valence-electron chi connectivity index (χ0n) is 23.2. The third-order valence-electron chi connectivity index (χ3n) is 7.24. The Bertz CT molecular complexity index is 1820. The van der Waals surface area contributed by atoms with Crippen molar-refractivity contribution in [3.8, 4) is 5.75 Å². The normalized spacial score (nSPS) is 12.4. The largest absolute Gasteiger partial charge is 0.497 e. The first kappa shape index (κ1) is 27.9. The number of nitrogens with one attached hydrogen (secondary N) is 2. The summed E-state index contributed by atoms with van der Waals surface area (Å²) in [6.07, 6.45) is 0.720. The third kappa shape index (κ3) is 6.02. The Balaban J connectivity index is 1.19. The number of carbonyl (C=O) groups is 3. The quantitative estimate of drug-likeness (QED) is 0.218. The molecule has 3 N–H and O–H groups in total. The molecule has 3 aromatic carbocycles. The lowest BCUT2D eigenvalue weighted by molar-refractivity contribution is -0.115. The van der Waals surface area contributed by atoms with Gasteiger partial charge in [0.25, 0.3) is 5.91 Å². The van der Waals surface area contributed by atoms with Crippen LogP contribution in [0, 0.1) is 0 Å². The number of fused-ring (bicyclic) bond motifs is 2. The van der Waals surface area contributed by atoms with Gasteiger partial charge < -0.3 is 20.1 Å². The molecular weight excluding hydrogens is 566 g/mol. The summed E-state index contributed by atoms with van der Waals surface area (Å²) in [6.45, 7) is 0.958. The molecule has 0 fully saturated rings. The Labute approximate surface area is 251 Å². The fourth-order valence-electron chi connectivity index (χ4n) is 5.09. The van der Waals surface area contributed by atoms with E-state index in [9.17, 15) is 19.5 Å². The van der Waals surface area contributed by atoms with Crippen LogP contribution in [0.15, 0.2) is 78.9 Å². The van der Waals surface area contributed by atoms with Gasteiger partial charge in [-0.25, -0.2) is 14.8 Å². The minimum atomic E-state index is -1.25. The van der Waals surface area contributed by atoms with Gasteiger partial charge >= 0.3 is 5.97 Å². The minimum Gasteiger partial charge on any atom is -0.497 e. The van der Waals surface area contributed by atoms with Crippen molar-refractivity contribution in [2.45, 2.75) is 19.4 Å². The van der Waals surface area contributed by atoms with Gasteiger partial charge in [0.1, 0.15) is 11.6 Å². The van der Waals surface area contributed by atoms with Crippen molar-refractivity contribution in [1.82, 2.24) is 9.97 Å². The van der Waals surface area contributed by atoms with Gasteiger partial charge in [-0.15, -0.1) is 0 Å². The van der Waals surface area contributed by atoms with Crippen molar-refractivity contribution < 1.29 is 24.2 Å². The van der Waals surface area contributed by atoms with Gasteiger partial charge in [-0.2, -0.15) is 0 Å². The first-order valence-electron chi connectivity index (χ1n) is 13.6. The molecule has 2 amide bonds. The van der Waals surface area contributed by atoms with Crippen LogP contribution in [0.2, 0.25) is 0 Å². The Morgan fingerprint density at radius 1 is 0.953 bits per heavy atom.